The molecule has 0 bridgehead atoms. The van der Waals surface area contributed by atoms with Gasteiger partial charge in [0.1, 0.15) is 19.0 Å². The molecular weight excluding hydrogens is 217 g/mol. The van der Waals surface area contributed by atoms with Crippen molar-refractivity contribution in [3.05, 3.63) is 42.5 Å². The minimum absolute atomic E-state index is 0.0917. The van der Waals surface area contributed by atoms with Crippen molar-refractivity contribution >= 4 is 21.8 Å². The first kappa shape index (κ1) is 10.1. The van der Waals surface area contributed by atoms with Crippen LogP contribution in [-0.4, -0.2) is 18.3 Å². The summed E-state index contributed by atoms with van der Waals surface area (Å²) < 4.78 is 17.5. The molecule has 3 heteroatoms. The topological polar surface area (TPSA) is 25.0 Å². The van der Waals surface area contributed by atoms with Crippen LogP contribution >= 0.6 is 0 Å². The molecule has 1 heterocycles. The Morgan fingerprint density at radius 1 is 1.00 bits per heavy atom. The van der Waals surface area contributed by atoms with Crippen molar-refractivity contribution in [3.8, 4) is 5.75 Å². The number of hydrogen-bond acceptors (Lipinski definition) is 1. The number of aromatic amines is 1. The largest absolute Gasteiger partial charge is 0.489 e. The molecule has 0 radical (unpaired) electrons. The fourth-order valence-corrected chi connectivity index (χ4v) is 2.11. The lowest BCUT2D eigenvalue weighted by atomic mass is 10.1. The van der Waals surface area contributed by atoms with Crippen LogP contribution in [0.3, 0.4) is 0 Å². The molecule has 2 aromatic carbocycles. The average molecular weight is 229 g/mol. The monoisotopic (exact) mass is 229 g/mol. The summed E-state index contributed by atoms with van der Waals surface area (Å²) in [6.07, 6.45) is 0. The van der Waals surface area contributed by atoms with Gasteiger partial charge in [0.15, 0.2) is 0 Å². The van der Waals surface area contributed by atoms with Crippen LogP contribution in [0.2, 0.25) is 0 Å². The van der Waals surface area contributed by atoms with Crippen LogP contribution < -0.4 is 4.74 Å². The number of alkyl halides is 1. The zero-order valence-corrected chi connectivity index (χ0v) is 9.24. The van der Waals surface area contributed by atoms with Crippen molar-refractivity contribution in [1.82, 2.24) is 4.98 Å². The molecule has 3 aromatic rings. The third-order valence-corrected chi connectivity index (χ3v) is 2.84. The van der Waals surface area contributed by atoms with Crippen LogP contribution in [0.25, 0.3) is 21.8 Å². The Labute approximate surface area is 98.0 Å². The van der Waals surface area contributed by atoms with Gasteiger partial charge in [-0.3, -0.25) is 0 Å². The highest BCUT2D eigenvalue weighted by molar-refractivity contribution is 6.09. The number of benzene rings is 2. The van der Waals surface area contributed by atoms with Gasteiger partial charge in [0.25, 0.3) is 0 Å². The zero-order chi connectivity index (χ0) is 11.7. The third kappa shape index (κ3) is 1.64. The molecule has 0 aliphatic heterocycles. The van der Waals surface area contributed by atoms with E-state index in [1.165, 1.54) is 0 Å². The molecule has 0 aliphatic rings. The van der Waals surface area contributed by atoms with Crippen LogP contribution in [0.4, 0.5) is 4.39 Å². The zero-order valence-electron chi connectivity index (χ0n) is 9.24. The molecule has 1 N–H and O–H groups in total. The van der Waals surface area contributed by atoms with Crippen molar-refractivity contribution in [2.24, 2.45) is 0 Å². The maximum atomic E-state index is 12.1. The van der Waals surface area contributed by atoms with E-state index in [0.717, 1.165) is 21.8 Å². The molecule has 2 nitrogen and oxygen atoms in total. The highest BCUT2D eigenvalue weighted by Gasteiger charge is 2.07. The summed E-state index contributed by atoms with van der Waals surface area (Å²) in [5, 5.41) is 2.27. The molecule has 17 heavy (non-hydrogen) atoms. The molecule has 0 amide bonds. The van der Waals surface area contributed by atoms with E-state index in [0.29, 0.717) is 5.75 Å². The second-order valence-electron chi connectivity index (χ2n) is 3.89. The predicted octanol–water partition coefficient (Wildman–Crippen LogP) is 3.67. The number of fused-ring (bicyclic) bond motifs is 3. The number of para-hydroxylation sites is 2. The molecule has 86 valence electrons. The summed E-state index contributed by atoms with van der Waals surface area (Å²) in [5.41, 5.74) is 2.00. The van der Waals surface area contributed by atoms with Gasteiger partial charge in [-0.2, -0.15) is 0 Å². The second-order valence-corrected chi connectivity index (χ2v) is 3.89. The van der Waals surface area contributed by atoms with Crippen molar-refractivity contribution in [2.45, 2.75) is 0 Å². The van der Waals surface area contributed by atoms with Gasteiger partial charge >= 0.3 is 0 Å². The van der Waals surface area contributed by atoms with Crippen molar-refractivity contribution in [3.63, 3.8) is 0 Å². The number of halogens is 1. The molecule has 1 aromatic heterocycles. The minimum atomic E-state index is -0.476. The number of hydrogen-bond donors (Lipinski definition) is 1. The lowest BCUT2D eigenvalue weighted by Gasteiger charge is -2.04. The molecule has 0 saturated heterocycles. The summed E-state index contributed by atoms with van der Waals surface area (Å²) in [4.78, 5) is 3.31. The van der Waals surface area contributed by atoms with Gasteiger partial charge in [0.2, 0.25) is 0 Å². The van der Waals surface area contributed by atoms with Gasteiger partial charge in [-0.15, -0.1) is 0 Å². The van der Waals surface area contributed by atoms with E-state index < -0.39 is 6.67 Å². The van der Waals surface area contributed by atoms with E-state index in [2.05, 4.69) is 11.1 Å². The minimum Gasteiger partial charge on any atom is -0.489 e. The van der Waals surface area contributed by atoms with Gasteiger partial charge in [-0.1, -0.05) is 30.3 Å². The molecule has 0 aliphatic carbocycles. The Balaban J connectivity index is 2.24. The summed E-state index contributed by atoms with van der Waals surface area (Å²) in [6.45, 7) is -0.384. The van der Waals surface area contributed by atoms with Gasteiger partial charge in [-0.25, -0.2) is 4.39 Å². The first-order valence-electron chi connectivity index (χ1n) is 5.58. The fourth-order valence-electron chi connectivity index (χ4n) is 2.11. The molecular formula is C14H12FNO. The standard InChI is InChI=1S/C14H12FNO/c15-8-9-17-13-7-3-5-11-10-4-1-2-6-12(10)16-14(11)13/h1-7,16H,8-9H2. The lowest BCUT2D eigenvalue weighted by Crippen LogP contribution is -1.98. The number of rotatable bonds is 3. The number of nitrogens with one attached hydrogen (secondary N) is 1. The first-order valence-corrected chi connectivity index (χ1v) is 5.58. The van der Waals surface area contributed by atoms with Crippen LogP contribution in [0, 0.1) is 0 Å². The smallest absolute Gasteiger partial charge is 0.143 e. The van der Waals surface area contributed by atoms with Gasteiger partial charge in [0, 0.05) is 16.3 Å². The maximum absolute atomic E-state index is 12.1. The van der Waals surface area contributed by atoms with Crippen LogP contribution in [0.5, 0.6) is 5.75 Å². The van der Waals surface area contributed by atoms with E-state index in [1.807, 2.05) is 36.4 Å². The van der Waals surface area contributed by atoms with Crippen molar-refractivity contribution in [2.75, 3.05) is 13.3 Å². The Kier molecular flexibility index (Phi) is 2.44. The lowest BCUT2D eigenvalue weighted by molar-refractivity contribution is 0.275. The Hall–Kier alpha value is -2.03. The van der Waals surface area contributed by atoms with E-state index >= 15 is 0 Å². The molecule has 0 saturated carbocycles. The van der Waals surface area contributed by atoms with E-state index in [1.54, 1.807) is 0 Å². The third-order valence-electron chi connectivity index (χ3n) is 2.84. The normalized spacial score (nSPS) is 11.1. The van der Waals surface area contributed by atoms with Gasteiger partial charge < -0.3 is 9.72 Å². The summed E-state index contributed by atoms with van der Waals surface area (Å²) in [7, 11) is 0. The van der Waals surface area contributed by atoms with E-state index in [9.17, 15) is 4.39 Å². The highest BCUT2D eigenvalue weighted by Crippen LogP contribution is 2.31. The van der Waals surface area contributed by atoms with Gasteiger partial charge in [-0.05, 0) is 12.1 Å². The SMILES string of the molecule is FCCOc1cccc2c1[nH]c1ccccc12. The number of aromatic nitrogens is 1. The number of H-pyrrole nitrogens is 1. The summed E-state index contributed by atoms with van der Waals surface area (Å²) >= 11 is 0. The Bertz CT molecular complexity index is 659. The van der Waals surface area contributed by atoms with Crippen LogP contribution in [0.1, 0.15) is 0 Å². The van der Waals surface area contributed by atoms with Crippen LogP contribution in [-0.2, 0) is 0 Å². The predicted molar refractivity (Wildman–Crippen MR) is 67.3 cm³/mol. The Morgan fingerprint density at radius 2 is 1.82 bits per heavy atom. The fraction of sp³-hybridized carbons (Fsp3) is 0.143. The summed E-state index contributed by atoms with van der Waals surface area (Å²) in [5.74, 6) is 0.705. The molecule has 0 fully saturated rings. The molecule has 0 unspecified atom stereocenters. The highest BCUT2D eigenvalue weighted by atomic mass is 19.1. The Morgan fingerprint density at radius 3 is 2.71 bits per heavy atom. The van der Waals surface area contributed by atoms with E-state index in [4.69, 9.17) is 4.74 Å². The van der Waals surface area contributed by atoms with E-state index in [-0.39, 0.29) is 6.61 Å². The van der Waals surface area contributed by atoms with Crippen molar-refractivity contribution < 1.29 is 9.13 Å². The number of ether oxygens (including phenoxy) is 1. The maximum Gasteiger partial charge on any atom is 0.143 e. The van der Waals surface area contributed by atoms with Crippen LogP contribution in [0.15, 0.2) is 42.5 Å². The average Bonchev–Trinajstić information content (AvgIpc) is 2.75. The molecule has 0 atom stereocenters. The molecule has 3 rings (SSSR count). The van der Waals surface area contributed by atoms with Crippen molar-refractivity contribution in [1.29, 1.82) is 0 Å². The first-order chi connectivity index (χ1) is 8.40. The second kappa shape index (κ2) is 4.09. The summed E-state index contributed by atoms with van der Waals surface area (Å²) in [6, 6.07) is 13.9. The molecule has 0 spiro atoms. The van der Waals surface area contributed by atoms with Gasteiger partial charge in [0.05, 0.1) is 5.52 Å². The quantitative estimate of drug-likeness (QED) is 0.728.